The lowest BCUT2D eigenvalue weighted by Crippen LogP contribution is -2.61. The van der Waals surface area contributed by atoms with Crippen molar-refractivity contribution in [3.05, 3.63) is 24.3 Å². The molecule has 99 heavy (non-hydrogen) atoms. The molecule has 0 N–H and O–H groups in total. The Hall–Kier alpha value is 9.37. The normalized spacial score (nSPS) is 11.9. The van der Waals surface area contributed by atoms with Crippen molar-refractivity contribution in [2.45, 2.75) is 232 Å². The summed E-state index contributed by atoms with van der Waals surface area (Å²) in [5, 5.41) is 12.3. The Morgan fingerprint density at radius 3 is 0.616 bits per heavy atom. The number of halogens is 1. The summed E-state index contributed by atoms with van der Waals surface area (Å²) < 4.78 is 17.0. The minimum atomic E-state index is -3.42. The highest BCUT2D eigenvalue weighted by molar-refractivity contribution is 8.01. The monoisotopic (exact) mass is 2080 g/mol. The van der Waals surface area contributed by atoms with Gasteiger partial charge in [0.2, 0.25) is 6.49 Å². The zero-order valence-electron chi connectivity index (χ0n) is 58.8. The zero-order valence-corrected chi connectivity index (χ0v) is 108. The molecule has 2 aromatic rings. The second-order valence-corrected chi connectivity index (χ2v) is 162. The van der Waals surface area contributed by atoms with Crippen molar-refractivity contribution in [3.8, 4) is 0 Å². The summed E-state index contributed by atoms with van der Waals surface area (Å²) in [6.45, 7) is 10.7. The van der Waals surface area contributed by atoms with Crippen LogP contribution in [0.4, 0.5) is 0 Å². The van der Waals surface area contributed by atoms with Gasteiger partial charge in [-0.1, -0.05) is 287 Å². The van der Waals surface area contributed by atoms with E-state index in [0.717, 1.165) is 185 Å². The predicted octanol–water partition coefficient (Wildman–Crippen LogP) is -4.87. The average molecular weight is 2090 g/mol. The van der Waals surface area contributed by atoms with E-state index in [-0.39, 0.29) is 0 Å². The molecule has 0 amide bonds. The Balaban J connectivity index is 2.65. The highest BCUT2D eigenvalue weighted by Gasteiger charge is 2.33. The summed E-state index contributed by atoms with van der Waals surface area (Å²) in [5.74, 6) is 0. The van der Waals surface area contributed by atoms with Crippen LogP contribution in [0.1, 0.15) is 196 Å². The number of benzene rings is 2. The van der Waals surface area contributed by atoms with Crippen molar-refractivity contribution in [1.29, 1.82) is 0 Å². The van der Waals surface area contributed by atoms with E-state index in [1.54, 1.807) is 31.1 Å². The Morgan fingerprint density at radius 2 is 0.404 bits per heavy atom. The molecule has 1 nitrogen and oxygen atoms in total. The third kappa shape index (κ3) is 61.4. The molecule has 0 aromatic heterocycles. The molecule has 0 unspecified atom stereocenters. The molecule has 0 aliphatic heterocycles. The van der Waals surface area contributed by atoms with Crippen LogP contribution in [0.2, 0.25) is 36.3 Å². The molecule has 96 radical (unpaired) electrons. The number of hydrogen-bond acceptors (Lipinski definition) is 1. The van der Waals surface area contributed by atoms with Gasteiger partial charge in [0.25, 0.3) is 0 Å². The van der Waals surface area contributed by atoms with Gasteiger partial charge < -0.3 is 0 Å². The maximum atomic E-state index is 17.0. The minimum Gasteiger partial charge on any atom is -0.296 e. The van der Waals surface area contributed by atoms with Crippen LogP contribution in [-0.2, 0) is 4.57 Å². The van der Waals surface area contributed by atoms with Gasteiger partial charge in [-0.05, 0) is 11.2 Å². The molecule has 0 bridgehead atoms. The first-order valence-electron chi connectivity index (χ1n) is 34.5. The first-order valence-corrected chi connectivity index (χ1v) is 128. The summed E-state index contributed by atoms with van der Waals surface area (Å²) >= 11 is 8.40. The third-order valence-electron chi connectivity index (χ3n) is 13.5. The van der Waals surface area contributed by atoms with Gasteiger partial charge in [0.15, 0.2) is 0 Å². The lowest BCUT2D eigenvalue weighted by Gasteiger charge is -2.25. The largest absolute Gasteiger partial charge is 0.296 e. The zero-order chi connectivity index (χ0) is 71.1. The second-order valence-electron chi connectivity index (χ2n) is 21.5. The molecule has 0 aliphatic carbocycles. The van der Waals surface area contributed by atoms with E-state index >= 15 is 4.57 Å². The molecule has 0 aliphatic rings. The summed E-state index contributed by atoms with van der Waals surface area (Å²) in [4.78, 5) is 0. The summed E-state index contributed by atoms with van der Waals surface area (Å²) in [5.41, 5.74) is 0. The van der Waals surface area contributed by atoms with Crippen LogP contribution in [0.25, 0.3) is 0 Å². The van der Waals surface area contributed by atoms with Gasteiger partial charge in [0.05, 0.1) is 54.2 Å². The predicted molar refractivity (Wildman–Crippen MR) is 513 cm³/mol. The van der Waals surface area contributed by atoms with Gasteiger partial charge in [-0.2, -0.15) is 0 Å². The van der Waals surface area contributed by atoms with Crippen molar-refractivity contribution in [2.75, 3.05) is 0 Å². The van der Waals surface area contributed by atoms with E-state index < -0.39 is 6.49 Å². The maximum Gasteiger partial charge on any atom is 0.225 e. The quantitative estimate of drug-likeness (QED) is 0.0370. The number of rotatable bonds is 80. The van der Waals surface area contributed by atoms with Crippen LogP contribution >= 0.6 is 17.7 Å². The van der Waals surface area contributed by atoms with Gasteiger partial charge in [0, 0.05) is 373 Å². The highest BCUT2D eigenvalue weighted by Crippen LogP contribution is 2.47. The van der Waals surface area contributed by atoms with Crippen LogP contribution in [0.3, 0.4) is 0 Å². The standard InChI is InChI=1S/C48H82ClOPSi48/c1-7-13-19-25-35-52-64-76-88-94-82-70-58-43-33-31-41(45(60-72-84-96-90-78-66-54-37-27-21-15-9-3)47(43)62-74-86-98-92-80-68-56-39-29-23-17-11-5)51(49,50)42-32-34-44(59-71-83-95-89-77-65-53-36-26-20-14-8-2)48(63-75-87-99-93-81-69-57-40-30-24-18-12-6)46(42)61-73-85-97-91-79-67-55-38-28-22-16-10-4/h31-34H,7-30,35-40H2,1-6H3. The second kappa shape index (κ2) is 82.5. The van der Waals surface area contributed by atoms with Crippen LogP contribution in [0, 0.1) is 0 Å². The summed E-state index contributed by atoms with van der Waals surface area (Å²) in [6.07, 6.45) is 34.3. The molecular weight excluding hydrogens is 2010 g/mol. The van der Waals surface area contributed by atoms with Crippen molar-refractivity contribution in [2.24, 2.45) is 0 Å². The van der Waals surface area contributed by atoms with Gasteiger partial charge in [-0.3, -0.25) is 4.57 Å². The Bertz CT molecular complexity index is 1990. The summed E-state index contributed by atoms with van der Waals surface area (Å²) in [7, 11) is 55.1. The molecule has 51 heteroatoms. The molecule has 0 saturated heterocycles. The van der Waals surface area contributed by atoms with Crippen LogP contribution in [-0.4, -0.2) is 416 Å². The van der Waals surface area contributed by atoms with Crippen LogP contribution in [0.15, 0.2) is 24.3 Å². The smallest absolute Gasteiger partial charge is 0.225 e. The number of hydrogen-bond donors (Lipinski definition) is 0. The fourth-order valence-corrected chi connectivity index (χ4v) is 268. The van der Waals surface area contributed by atoms with Gasteiger partial charge in [0.1, 0.15) is 0 Å². The molecule has 484 valence electrons. The van der Waals surface area contributed by atoms with Crippen molar-refractivity contribution in [3.63, 3.8) is 0 Å². The van der Waals surface area contributed by atoms with E-state index in [9.17, 15) is 0 Å². The topological polar surface area (TPSA) is 17.1 Å². The Labute approximate surface area is 726 Å². The van der Waals surface area contributed by atoms with Gasteiger partial charge >= 0.3 is 0 Å². The lowest BCUT2D eigenvalue weighted by molar-refractivity contribution is 0.595. The SMILES string of the molecule is CCCCCC[Si][Si][Si][Si][Si][Si][Si][Si]c1ccc(P(=O)(Cl)c2ccc([Si][Si][Si][Si][Si][Si][Si][Si]CCCCCC)c([Si][Si][Si][Si][Si][Si][Si][Si]CCCCCC)c2[Si][Si][Si][Si][Si][Si][Si][Si]CCCCCC)c([Si][Si][Si][Si][Si][Si][Si][Si]CCCCCC)c1[Si][Si][Si][Si][Si][Si][Si][Si]CCCCCC. The lowest BCUT2D eigenvalue weighted by atomic mass is 10.2. The molecule has 0 saturated carbocycles. The van der Waals surface area contributed by atoms with Crippen molar-refractivity contribution >= 4 is 476 Å². The fourth-order valence-electron chi connectivity index (χ4n) is 8.32. The molecule has 2 aromatic carbocycles. The van der Waals surface area contributed by atoms with E-state index in [0.29, 0.717) is 0 Å². The fraction of sp³-hybridized carbons (Fsp3) is 0.750. The molecule has 0 heterocycles. The van der Waals surface area contributed by atoms with E-state index in [2.05, 4.69) is 65.8 Å². The van der Waals surface area contributed by atoms with E-state index in [1.807, 2.05) is 0 Å². The molecular formula is C48H82ClOPSi48. The summed E-state index contributed by atoms with van der Waals surface area (Å²) in [6, 6.07) is 19.1. The molecule has 2 rings (SSSR count). The minimum absolute atomic E-state index is 0.796. The molecule has 0 spiro atoms. The van der Waals surface area contributed by atoms with E-state index in [1.165, 1.54) is 433 Å². The van der Waals surface area contributed by atoms with Crippen molar-refractivity contribution in [1.82, 2.24) is 0 Å². The maximum absolute atomic E-state index is 17.0. The highest BCUT2D eigenvalue weighted by atomic mass is 35.7. The van der Waals surface area contributed by atoms with E-state index in [4.69, 9.17) is 11.2 Å². The molecule has 0 atom stereocenters. The first-order chi connectivity index (χ1) is 48.9. The Kier molecular flexibility index (Phi) is 87.0. The van der Waals surface area contributed by atoms with Crippen LogP contribution < -0.4 is 41.7 Å². The van der Waals surface area contributed by atoms with Gasteiger partial charge in [-0.25, -0.2) is 0 Å². The molecule has 0 fully saturated rings. The number of unbranched alkanes of at least 4 members (excludes halogenated alkanes) is 18. The average Bonchev–Trinajstić information content (AvgIpc) is 0.755. The van der Waals surface area contributed by atoms with Gasteiger partial charge in [-0.15, -0.1) is 0 Å². The third-order valence-corrected chi connectivity index (χ3v) is 209. The van der Waals surface area contributed by atoms with Crippen LogP contribution in [0.5, 0.6) is 0 Å². The Morgan fingerprint density at radius 1 is 0.222 bits per heavy atom. The van der Waals surface area contributed by atoms with Crippen molar-refractivity contribution < 1.29 is 4.57 Å². The first kappa shape index (κ1) is 104.